The van der Waals surface area contributed by atoms with Crippen LogP contribution in [0.1, 0.15) is 28.0 Å². The minimum Gasteiger partial charge on any atom is -0.135 e. The zero-order valence-corrected chi connectivity index (χ0v) is 13.5. The Hall–Kier alpha value is -2.12. The Kier molecular flexibility index (Phi) is 3.44. The van der Waals surface area contributed by atoms with Crippen LogP contribution in [0.15, 0.2) is 66.7 Å². The minimum absolute atomic E-state index is 1.14. The molecular weight excluding hydrogens is 284 g/mol. The molecule has 0 saturated heterocycles. The fourth-order valence-electron chi connectivity index (χ4n) is 3.07. The number of rotatable bonds is 2. The van der Waals surface area contributed by atoms with Crippen molar-refractivity contribution in [2.24, 2.45) is 0 Å². The number of aryl methyl sites for hydroxylation is 2. The van der Waals surface area contributed by atoms with Crippen LogP contribution < -0.4 is 0 Å². The molecule has 4 rings (SSSR count). The first-order valence-electron chi connectivity index (χ1n) is 7.77. The van der Waals surface area contributed by atoms with Crippen molar-refractivity contribution in [1.29, 1.82) is 0 Å². The van der Waals surface area contributed by atoms with Crippen LogP contribution in [0.4, 0.5) is 0 Å². The summed E-state index contributed by atoms with van der Waals surface area (Å²) in [4.78, 5) is 2.72. The Balaban J connectivity index is 1.73. The number of hydrogen-bond donors (Lipinski definition) is 0. The average molecular weight is 302 g/mol. The van der Waals surface area contributed by atoms with Gasteiger partial charge >= 0.3 is 0 Å². The molecule has 0 nitrogen and oxygen atoms in total. The Bertz CT molecular complexity index is 834. The maximum Gasteiger partial charge on any atom is 0.0352 e. The van der Waals surface area contributed by atoms with Gasteiger partial charge in [-0.2, -0.15) is 0 Å². The molecule has 0 unspecified atom stereocenters. The number of hydrogen-bond acceptors (Lipinski definition) is 1. The van der Waals surface area contributed by atoms with Crippen molar-refractivity contribution in [3.63, 3.8) is 0 Å². The van der Waals surface area contributed by atoms with Crippen LogP contribution in [0, 0.1) is 6.92 Å². The summed E-state index contributed by atoms with van der Waals surface area (Å²) in [6.07, 6.45) is 4.70. The zero-order valence-electron chi connectivity index (χ0n) is 12.7. The first-order valence-corrected chi connectivity index (χ1v) is 8.58. The van der Waals surface area contributed by atoms with E-state index in [0.717, 1.165) is 12.8 Å². The van der Waals surface area contributed by atoms with Crippen LogP contribution in [-0.4, -0.2) is 0 Å². The molecule has 1 aliphatic carbocycles. The second-order valence-corrected chi connectivity index (χ2v) is 6.93. The van der Waals surface area contributed by atoms with E-state index in [1.54, 1.807) is 0 Å². The van der Waals surface area contributed by atoms with Crippen molar-refractivity contribution in [2.75, 3.05) is 0 Å². The molecule has 0 N–H and O–H groups in total. The number of thiophene rings is 1. The summed E-state index contributed by atoms with van der Waals surface area (Å²) in [6, 6.07) is 22.1. The van der Waals surface area contributed by atoms with Crippen molar-refractivity contribution < 1.29 is 0 Å². The predicted molar refractivity (Wildman–Crippen MR) is 96.3 cm³/mol. The summed E-state index contributed by atoms with van der Waals surface area (Å²) in [5.74, 6) is 0. The number of allylic oxidation sites excluding steroid dienone is 1. The van der Waals surface area contributed by atoms with E-state index in [0.29, 0.717) is 0 Å². The van der Waals surface area contributed by atoms with Gasteiger partial charge in [0.2, 0.25) is 0 Å². The molecule has 0 spiro atoms. The van der Waals surface area contributed by atoms with Gasteiger partial charge in [-0.1, -0.05) is 60.2 Å². The molecule has 0 bridgehead atoms. The van der Waals surface area contributed by atoms with Gasteiger partial charge in [0.1, 0.15) is 0 Å². The molecule has 22 heavy (non-hydrogen) atoms. The Labute approximate surface area is 135 Å². The lowest BCUT2D eigenvalue weighted by Gasteiger charge is -2.16. The molecule has 0 saturated carbocycles. The van der Waals surface area contributed by atoms with Crippen molar-refractivity contribution >= 4 is 16.9 Å². The second-order valence-electron chi connectivity index (χ2n) is 5.84. The summed E-state index contributed by atoms with van der Waals surface area (Å²) < 4.78 is 0. The first-order chi connectivity index (χ1) is 10.8. The van der Waals surface area contributed by atoms with Gasteiger partial charge in [0.25, 0.3) is 0 Å². The highest BCUT2D eigenvalue weighted by molar-refractivity contribution is 7.16. The van der Waals surface area contributed by atoms with E-state index < -0.39 is 0 Å². The van der Waals surface area contributed by atoms with Crippen LogP contribution in [0.5, 0.6) is 0 Å². The van der Waals surface area contributed by atoms with E-state index in [1.807, 2.05) is 11.3 Å². The van der Waals surface area contributed by atoms with Gasteiger partial charge in [0.05, 0.1) is 0 Å². The van der Waals surface area contributed by atoms with Crippen LogP contribution in [-0.2, 0) is 6.42 Å². The first kappa shape index (κ1) is 13.5. The molecule has 108 valence electrons. The molecule has 0 radical (unpaired) electrons. The minimum atomic E-state index is 1.14. The molecule has 0 fully saturated rings. The third-order valence-electron chi connectivity index (χ3n) is 4.28. The molecule has 3 aromatic rings. The third-order valence-corrected chi connectivity index (χ3v) is 5.44. The van der Waals surface area contributed by atoms with Gasteiger partial charge < -0.3 is 0 Å². The molecule has 1 aromatic heterocycles. The molecular formula is C21H18S. The Morgan fingerprint density at radius 1 is 0.818 bits per heavy atom. The maximum absolute atomic E-state index is 2.40. The highest BCUT2D eigenvalue weighted by atomic mass is 32.1. The number of fused-ring (bicyclic) bond motifs is 1. The number of benzene rings is 2. The van der Waals surface area contributed by atoms with Crippen LogP contribution >= 0.6 is 11.3 Å². The lowest BCUT2D eigenvalue weighted by molar-refractivity contribution is 0.979. The average Bonchev–Trinajstić information content (AvgIpc) is 3.05. The molecule has 0 amide bonds. The quantitative estimate of drug-likeness (QED) is 0.536. The van der Waals surface area contributed by atoms with E-state index in [-0.39, 0.29) is 0 Å². The van der Waals surface area contributed by atoms with E-state index in [9.17, 15) is 0 Å². The fourth-order valence-corrected chi connectivity index (χ4v) is 4.14. The molecule has 1 heterocycles. The van der Waals surface area contributed by atoms with Gasteiger partial charge in [-0.3, -0.25) is 0 Å². The van der Waals surface area contributed by atoms with Crippen molar-refractivity contribution in [3.05, 3.63) is 88.3 Å². The lowest BCUT2D eigenvalue weighted by atomic mass is 9.90. The van der Waals surface area contributed by atoms with E-state index in [4.69, 9.17) is 0 Å². The molecule has 1 aliphatic rings. The Morgan fingerprint density at radius 3 is 2.45 bits per heavy atom. The molecule has 1 heteroatoms. The van der Waals surface area contributed by atoms with E-state index >= 15 is 0 Å². The topological polar surface area (TPSA) is 0 Å². The second kappa shape index (κ2) is 5.58. The van der Waals surface area contributed by atoms with Gasteiger partial charge in [-0.05, 0) is 54.2 Å². The smallest absolute Gasteiger partial charge is 0.0352 e. The van der Waals surface area contributed by atoms with E-state index in [2.05, 4.69) is 73.7 Å². The van der Waals surface area contributed by atoms with Gasteiger partial charge in [-0.15, -0.1) is 11.3 Å². The largest absolute Gasteiger partial charge is 0.135 e. The van der Waals surface area contributed by atoms with Crippen LogP contribution in [0.2, 0.25) is 0 Å². The lowest BCUT2D eigenvalue weighted by Crippen LogP contribution is -1.99. The van der Waals surface area contributed by atoms with Crippen LogP contribution in [0.3, 0.4) is 0 Å². The van der Waals surface area contributed by atoms with E-state index in [1.165, 1.54) is 37.6 Å². The normalized spacial score (nSPS) is 13.6. The highest BCUT2D eigenvalue weighted by Gasteiger charge is 2.15. The standard InChI is InChI=1S/C21H18S/c1-15-9-11-17(12-10-15)20-13-14-21(22-20)19-8-4-6-16-5-2-3-7-18(16)19/h2-3,5,7-14H,4,6H2,1H3. The SMILES string of the molecule is Cc1ccc(-c2ccc(C3=CCCc4ccccc43)s2)cc1. The Morgan fingerprint density at radius 2 is 1.59 bits per heavy atom. The van der Waals surface area contributed by atoms with Gasteiger partial charge in [0, 0.05) is 9.75 Å². The third kappa shape index (κ3) is 2.42. The molecule has 0 atom stereocenters. The van der Waals surface area contributed by atoms with Crippen molar-refractivity contribution in [1.82, 2.24) is 0 Å². The monoisotopic (exact) mass is 302 g/mol. The molecule has 2 aromatic carbocycles. The zero-order chi connectivity index (χ0) is 14.9. The fraction of sp³-hybridized carbons (Fsp3) is 0.143. The maximum atomic E-state index is 2.40. The predicted octanol–water partition coefficient (Wildman–Crippen LogP) is 6.10. The molecule has 0 aliphatic heterocycles. The summed E-state index contributed by atoms with van der Waals surface area (Å²) in [5, 5.41) is 0. The van der Waals surface area contributed by atoms with Gasteiger partial charge in [0.15, 0.2) is 0 Å². The summed E-state index contributed by atoms with van der Waals surface area (Å²) >= 11 is 1.89. The highest BCUT2D eigenvalue weighted by Crippen LogP contribution is 2.38. The van der Waals surface area contributed by atoms with Crippen LogP contribution in [0.25, 0.3) is 16.0 Å². The summed E-state index contributed by atoms with van der Waals surface area (Å²) in [5.41, 5.74) is 6.91. The van der Waals surface area contributed by atoms with Crippen molar-refractivity contribution in [3.8, 4) is 10.4 Å². The van der Waals surface area contributed by atoms with Crippen molar-refractivity contribution in [2.45, 2.75) is 19.8 Å². The summed E-state index contributed by atoms with van der Waals surface area (Å²) in [7, 11) is 0. The summed E-state index contributed by atoms with van der Waals surface area (Å²) in [6.45, 7) is 2.13. The van der Waals surface area contributed by atoms with Gasteiger partial charge in [-0.25, -0.2) is 0 Å².